The first-order valence-corrected chi connectivity index (χ1v) is 7.66. The van der Waals surface area contributed by atoms with Gasteiger partial charge in [0.25, 0.3) is 0 Å². The standard InChI is InChI=1S/C13H13BrClNS/c1-16(9-12-3-2-6-17-12)11-5-4-10(8-14)13(15)7-11/h2-7H,8-9H2,1H3. The molecule has 0 fully saturated rings. The third-order valence-corrected chi connectivity index (χ3v) is 4.41. The van der Waals surface area contributed by atoms with Crippen molar-refractivity contribution >= 4 is 44.6 Å². The van der Waals surface area contributed by atoms with E-state index in [1.807, 2.05) is 6.07 Å². The Balaban J connectivity index is 2.14. The summed E-state index contributed by atoms with van der Waals surface area (Å²) >= 11 is 11.4. The molecular weight excluding hydrogens is 318 g/mol. The van der Waals surface area contributed by atoms with Gasteiger partial charge in [-0.2, -0.15) is 0 Å². The molecule has 1 aromatic heterocycles. The minimum absolute atomic E-state index is 0.792. The van der Waals surface area contributed by atoms with Crippen LogP contribution in [0, 0.1) is 0 Å². The number of hydrogen-bond acceptors (Lipinski definition) is 2. The average Bonchev–Trinajstić information content (AvgIpc) is 2.81. The van der Waals surface area contributed by atoms with Gasteiger partial charge in [0.2, 0.25) is 0 Å². The van der Waals surface area contributed by atoms with Crippen LogP contribution >= 0.6 is 38.9 Å². The van der Waals surface area contributed by atoms with Gasteiger partial charge in [0.1, 0.15) is 0 Å². The van der Waals surface area contributed by atoms with Gasteiger partial charge in [-0.1, -0.05) is 39.7 Å². The largest absolute Gasteiger partial charge is 0.369 e. The average molecular weight is 331 g/mol. The number of benzene rings is 1. The maximum atomic E-state index is 6.20. The molecule has 0 radical (unpaired) electrons. The number of thiophene rings is 1. The van der Waals surface area contributed by atoms with Crippen molar-refractivity contribution in [1.29, 1.82) is 0 Å². The Bertz CT molecular complexity index is 484. The van der Waals surface area contributed by atoms with E-state index in [-0.39, 0.29) is 0 Å². The lowest BCUT2D eigenvalue weighted by molar-refractivity contribution is 0.940. The highest BCUT2D eigenvalue weighted by atomic mass is 79.9. The minimum Gasteiger partial charge on any atom is -0.369 e. The molecule has 2 rings (SSSR count). The molecule has 0 aliphatic heterocycles. The Labute approximate surface area is 119 Å². The zero-order chi connectivity index (χ0) is 12.3. The van der Waals surface area contributed by atoms with Crippen molar-refractivity contribution in [1.82, 2.24) is 0 Å². The molecule has 0 unspecified atom stereocenters. The van der Waals surface area contributed by atoms with E-state index < -0.39 is 0 Å². The fourth-order valence-electron chi connectivity index (χ4n) is 1.61. The predicted molar refractivity (Wildman–Crippen MR) is 80.5 cm³/mol. The van der Waals surface area contributed by atoms with Crippen molar-refractivity contribution in [2.24, 2.45) is 0 Å². The van der Waals surface area contributed by atoms with E-state index in [2.05, 4.69) is 57.5 Å². The quantitative estimate of drug-likeness (QED) is 0.718. The normalized spacial score (nSPS) is 10.5. The summed E-state index contributed by atoms with van der Waals surface area (Å²) in [6, 6.07) is 10.4. The smallest absolute Gasteiger partial charge is 0.0519 e. The van der Waals surface area contributed by atoms with Crippen LogP contribution in [0.4, 0.5) is 5.69 Å². The summed E-state index contributed by atoms with van der Waals surface area (Å²) < 4.78 is 0. The van der Waals surface area contributed by atoms with Gasteiger partial charge in [0.15, 0.2) is 0 Å². The summed E-state index contributed by atoms with van der Waals surface area (Å²) in [5.74, 6) is 0. The van der Waals surface area contributed by atoms with Gasteiger partial charge < -0.3 is 4.90 Å². The number of anilines is 1. The molecule has 0 N–H and O–H groups in total. The minimum atomic E-state index is 0.792. The fraction of sp³-hybridized carbons (Fsp3) is 0.231. The molecule has 17 heavy (non-hydrogen) atoms. The number of rotatable bonds is 4. The topological polar surface area (TPSA) is 3.24 Å². The summed E-state index contributed by atoms with van der Waals surface area (Å²) in [7, 11) is 2.08. The van der Waals surface area contributed by atoms with Crippen LogP contribution in [0.5, 0.6) is 0 Å². The highest BCUT2D eigenvalue weighted by Crippen LogP contribution is 2.26. The molecule has 0 atom stereocenters. The van der Waals surface area contributed by atoms with Gasteiger partial charge in [-0.05, 0) is 29.1 Å². The SMILES string of the molecule is CN(Cc1cccs1)c1ccc(CBr)c(Cl)c1. The van der Waals surface area contributed by atoms with Gasteiger partial charge in [0.05, 0.1) is 6.54 Å². The summed E-state index contributed by atoms with van der Waals surface area (Å²) in [5.41, 5.74) is 2.27. The number of halogens is 2. The molecule has 4 heteroatoms. The predicted octanol–water partition coefficient (Wildman–Crippen LogP) is 4.93. The van der Waals surface area contributed by atoms with E-state index in [0.717, 1.165) is 28.1 Å². The van der Waals surface area contributed by atoms with Crippen molar-refractivity contribution in [3.05, 3.63) is 51.2 Å². The lowest BCUT2D eigenvalue weighted by atomic mass is 10.2. The molecule has 0 spiro atoms. The molecule has 0 amide bonds. The van der Waals surface area contributed by atoms with Gasteiger partial charge in [-0.3, -0.25) is 0 Å². The van der Waals surface area contributed by atoms with Crippen LogP contribution in [0.25, 0.3) is 0 Å². The van der Waals surface area contributed by atoms with Crippen LogP contribution < -0.4 is 4.90 Å². The molecule has 1 nitrogen and oxygen atoms in total. The zero-order valence-electron chi connectivity index (χ0n) is 9.49. The Morgan fingerprint density at radius 3 is 2.76 bits per heavy atom. The van der Waals surface area contributed by atoms with Gasteiger partial charge in [0, 0.05) is 28.0 Å². The first kappa shape index (κ1) is 12.9. The van der Waals surface area contributed by atoms with E-state index in [0.29, 0.717) is 0 Å². The van der Waals surface area contributed by atoms with Gasteiger partial charge in [-0.25, -0.2) is 0 Å². The molecule has 0 bridgehead atoms. The molecule has 0 aliphatic rings. The Morgan fingerprint density at radius 1 is 1.35 bits per heavy atom. The molecular formula is C13H13BrClNS. The lowest BCUT2D eigenvalue weighted by Gasteiger charge is -2.19. The summed E-state index contributed by atoms with van der Waals surface area (Å²) in [6.07, 6.45) is 0. The van der Waals surface area contributed by atoms with Crippen LogP contribution in [0.2, 0.25) is 5.02 Å². The van der Waals surface area contributed by atoms with Crippen molar-refractivity contribution in [3.8, 4) is 0 Å². The second-order valence-corrected chi connectivity index (χ2v) is 5.84. The van der Waals surface area contributed by atoms with Crippen LogP contribution in [-0.4, -0.2) is 7.05 Å². The maximum Gasteiger partial charge on any atom is 0.0519 e. The van der Waals surface area contributed by atoms with Crippen molar-refractivity contribution < 1.29 is 0 Å². The van der Waals surface area contributed by atoms with E-state index in [9.17, 15) is 0 Å². The highest BCUT2D eigenvalue weighted by Gasteiger charge is 2.06. The maximum absolute atomic E-state index is 6.20. The molecule has 0 saturated carbocycles. The second-order valence-electron chi connectivity index (χ2n) is 3.84. The van der Waals surface area contributed by atoms with E-state index in [1.165, 1.54) is 4.88 Å². The Hall–Kier alpha value is -0.510. The Morgan fingerprint density at radius 2 is 2.18 bits per heavy atom. The number of hydrogen-bond donors (Lipinski definition) is 0. The zero-order valence-corrected chi connectivity index (χ0v) is 12.6. The first-order chi connectivity index (χ1) is 8.20. The lowest BCUT2D eigenvalue weighted by Crippen LogP contribution is -2.15. The van der Waals surface area contributed by atoms with E-state index in [1.54, 1.807) is 11.3 Å². The summed E-state index contributed by atoms with van der Waals surface area (Å²) in [5, 5.41) is 3.71. The molecule has 2 aromatic rings. The fourth-order valence-corrected chi connectivity index (χ4v) is 3.26. The van der Waals surface area contributed by atoms with Crippen LogP contribution in [-0.2, 0) is 11.9 Å². The van der Waals surface area contributed by atoms with Crippen LogP contribution in [0.15, 0.2) is 35.7 Å². The number of alkyl halides is 1. The van der Waals surface area contributed by atoms with Crippen molar-refractivity contribution in [2.45, 2.75) is 11.9 Å². The van der Waals surface area contributed by atoms with Gasteiger partial charge >= 0.3 is 0 Å². The van der Waals surface area contributed by atoms with Crippen LogP contribution in [0.1, 0.15) is 10.4 Å². The summed E-state index contributed by atoms with van der Waals surface area (Å²) in [6.45, 7) is 0.918. The second kappa shape index (κ2) is 5.89. The van der Waals surface area contributed by atoms with Crippen LogP contribution in [0.3, 0.4) is 0 Å². The monoisotopic (exact) mass is 329 g/mol. The van der Waals surface area contributed by atoms with Gasteiger partial charge in [-0.15, -0.1) is 11.3 Å². The van der Waals surface area contributed by atoms with E-state index >= 15 is 0 Å². The van der Waals surface area contributed by atoms with Crippen molar-refractivity contribution in [2.75, 3.05) is 11.9 Å². The third-order valence-electron chi connectivity index (χ3n) is 2.59. The molecule has 0 aliphatic carbocycles. The molecule has 1 heterocycles. The number of nitrogens with zero attached hydrogens (tertiary/aromatic N) is 1. The summed E-state index contributed by atoms with van der Waals surface area (Å²) in [4.78, 5) is 3.56. The highest BCUT2D eigenvalue weighted by molar-refractivity contribution is 9.08. The first-order valence-electron chi connectivity index (χ1n) is 5.28. The third kappa shape index (κ3) is 3.24. The molecule has 0 saturated heterocycles. The van der Waals surface area contributed by atoms with E-state index in [4.69, 9.17) is 11.6 Å². The Kier molecular flexibility index (Phi) is 4.48. The molecule has 90 valence electrons. The van der Waals surface area contributed by atoms with Crippen molar-refractivity contribution in [3.63, 3.8) is 0 Å². The molecule has 1 aromatic carbocycles.